The second-order valence-corrected chi connectivity index (χ2v) is 26.1. The first-order valence-electron chi connectivity index (χ1n) is 25.7. The van der Waals surface area contributed by atoms with Crippen LogP contribution in [0.5, 0.6) is 0 Å². The molecular formula is C54H44ClF15N6O12S3. The average molecular weight is 1390 g/mol. The minimum Gasteiger partial charge on any atom is -0.387 e. The molecule has 37 heteroatoms. The van der Waals surface area contributed by atoms with E-state index in [9.17, 15) is 121 Å². The van der Waals surface area contributed by atoms with Crippen LogP contribution >= 0.6 is 11.6 Å². The van der Waals surface area contributed by atoms with Gasteiger partial charge in [0.2, 0.25) is 30.1 Å². The van der Waals surface area contributed by atoms with Crippen LogP contribution in [0.15, 0.2) is 118 Å². The minimum atomic E-state index is -4.82. The molecule has 6 aromatic carbocycles. The predicted octanol–water partition coefficient (Wildman–Crippen LogP) is 8.89. The molecule has 0 saturated carbocycles. The van der Waals surface area contributed by atoms with E-state index in [1.165, 1.54) is 6.07 Å². The number of benzene rings is 6. The smallest absolute Gasteiger partial charge is 0.286 e. The number of sulfonamides is 3. The third-order valence-electron chi connectivity index (χ3n) is 13.6. The van der Waals surface area contributed by atoms with Crippen LogP contribution in [0, 0.1) is 52.4 Å². The quantitative estimate of drug-likeness (QED) is 0.0496. The van der Waals surface area contributed by atoms with E-state index in [4.69, 9.17) is 11.6 Å². The number of aliphatic hydroxyl groups excluding tert-OH is 3. The van der Waals surface area contributed by atoms with E-state index in [0.717, 1.165) is 48.5 Å². The Morgan fingerprint density at radius 3 is 0.989 bits per heavy atom. The summed E-state index contributed by atoms with van der Waals surface area (Å²) in [4.78, 5) is 34.0. The second kappa shape index (κ2) is 27.4. The largest absolute Gasteiger partial charge is 0.387 e. The van der Waals surface area contributed by atoms with Gasteiger partial charge in [-0.15, -0.1) is 0 Å². The van der Waals surface area contributed by atoms with Gasteiger partial charge in [-0.05, 0) is 104 Å². The van der Waals surface area contributed by atoms with E-state index >= 15 is 0 Å². The first-order valence-corrected chi connectivity index (χ1v) is 30.4. The van der Waals surface area contributed by atoms with Crippen molar-refractivity contribution in [1.29, 1.82) is 0 Å². The maximum atomic E-state index is 14.2. The number of amides is 3. The molecule has 0 spiro atoms. The van der Waals surface area contributed by atoms with Gasteiger partial charge in [0, 0.05) is 71.6 Å². The van der Waals surface area contributed by atoms with Crippen molar-refractivity contribution in [3.05, 3.63) is 177 Å². The van der Waals surface area contributed by atoms with Gasteiger partial charge in [-0.3, -0.25) is 14.4 Å². The van der Waals surface area contributed by atoms with Crippen LogP contribution < -0.4 is 16.0 Å². The number of rotatable bonds is 12. The molecule has 0 aliphatic carbocycles. The molecule has 0 radical (unpaired) electrons. The third-order valence-corrected chi connectivity index (χ3v) is 19.5. The van der Waals surface area contributed by atoms with E-state index in [1.54, 1.807) is 0 Å². The van der Waals surface area contributed by atoms with Crippen LogP contribution in [0.1, 0.15) is 50.3 Å². The lowest BCUT2D eigenvalue weighted by molar-refractivity contribution is -0.136. The van der Waals surface area contributed by atoms with E-state index in [1.807, 2.05) is 5.32 Å². The molecule has 3 atom stereocenters. The molecule has 3 aliphatic heterocycles. The van der Waals surface area contributed by atoms with Crippen molar-refractivity contribution in [2.75, 3.05) is 55.2 Å². The van der Waals surface area contributed by atoms with Crippen molar-refractivity contribution in [3.8, 4) is 0 Å². The van der Waals surface area contributed by atoms with Crippen molar-refractivity contribution in [1.82, 2.24) is 12.9 Å². The Bertz CT molecular complexity index is 3970. The van der Waals surface area contributed by atoms with Gasteiger partial charge in [-0.25, -0.2) is 91.1 Å². The summed E-state index contributed by atoms with van der Waals surface area (Å²) in [6, 6.07) is 13.5. The van der Waals surface area contributed by atoms with Gasteiger partial charge in [0.1, 0.15) is 56.3 Å². The fourth-order valence-corrected chi connectivity index (χ4v) is 13.5. The van der Waals surface area contributed by atoms with Crippen LogP contribution in [0.25, 0.3) is 0 Å². The Balaban J connectivity index is 0.000000194. The van der Waals surface area contributed by atoms with E-state index in [2.05, 4.69) is 10.6 Å². The summed E-state index contributed by atoms with van der Waals surface area (Å²) in [5.41, 5.74) is -1.65. The predicted molar refractivity (Wildman–Crippen MR) is 290 cm³/mol. The minimum absolute atomic E-state index is 0.102. The van der Waals surface area contributed by atoms with Crippen molar-refractivity contribution >= 4 is 76.5 Å². The molecule has 3 fully saturated rings. The Labute approximate surface area is 510 Å². The number of hydrogen-bond donors (Lipinski definition) is 6. The molecule has 6 N–H and O–H groups in total. The number of carbonyl (C=O) groups excluding carboxylic acids is 3. The third kappa shape index (κ3) is 16.3. The zero-order chi connectivity index (χ0) is 67.7. The van der Waals surface area contributed by atoms with Gasteiger partial charge in [0.25, 0.3) is 35.5 Å². The zero-order valence-corrected chi connectivity index (χ0v) is 48.7. The summed E-state index contributed by atoms with van der Waals surface area (Å²) in [7, 11) is -14.3. The highest BCUT2D eigenvalue weighted by Crippen LogP contribution is 2.36. The molecular weight excluding hydrogens is 1340 g/mol. The number of nitrogens with zero attached hydrogens (tertiary/aromatic N) is 3. The zero-order valence-electron chi connectivity index (χ0n) is 45.5. The van der Waals surface area contributed by atoms with Crippen molar-refractivity contribution in [2.45, 2.75) is 70.0 Å². The number of carbonyl (C=O) groups is 3. The number of anilines is 3. The van der Waals surface area contributed by atoms with Crippen LogP contribution in [0.2, 0.25) is 5.02 Å². The molecule has 0 bridgehead atoms. The number of halogens is 16. The van der Waals surface area contributed by atoms with Crippen LogP contribution in [0.4, 0.5) is 82.9 Å². The van der Waals surface area contributed by atoms with Crippen LogP contribution in [-0.4, -0.2) is 147 Å². The van der Waals surface area contributed by atoms with E-state index in [-0.39, 0.29) is 31.8 Å². The van der Waals surface area contributed by atoms with Gasteiger partial charge in [-0.1, -0.05) is 11.6 Å². The Morgan fingerprint density at radius 2 is 0.681 bits per heavy atom. The lowest BCUT2D eigenvalue weighted by atomic mass is 10.1. The molecule has 91 heavy (non-hydrogen) atoms. The molecule has 492 valence electrons. The van der Waals surface area contributed by atoms with Gasteiger partial charge in [0.15, 0.2) is 29.1 Å². The number of hydrogen-bond acceptors (Lipinski definition) is 12. The van der Waals surface area contributed by atoms with E-state index < -0.39 is 221 Å². The first kappa shape index (κ1) is 71.0. The van der Waals surface area contributed by atoms with Gasteiger partial charge < -0.3 is 31.3 Å². The number of alkyl halides is 6. The Hall–Kier alpha value is -7.42. The lowest BCUT2D eigenvalue weighted by Crippen LogP contribution is -2.53. The second-order valence-electron chi connectivity index (χ2n) is 20.0. The van der Waals surface area contributed by atoms with Crippen LogP contribution in [-0.2, 0) is 30.1 Å². The molecule has 3 amide bonds. The Morgan fingerprint density at radius 1 is 0.396 bits per heavy atom. The molecule has 0 aromatic heterocycles. The lowest BCUT2D eigenvalue weighted by Gasteiger charge is -2.35. The molecule has 3 saturated heterocycles. The normalized spacial score (nSPS) is 19.4. The number of piperidine rings is 3. The summed E-state index contributed by atoms with van der Waals surface area (Å²) < 4.78 is 281. The highest BCUT2D eigenvalue weighted by atomic mass is 35.5. The summed E-state index contributed by atoms with van der Waals surface area (Å²) in [5.74, 6) is -26.0. The van der Waals surface area contributed by atoms with Crippen molar-refractivity contribution in [2.24, 2.45) is 0 Å². The van der Waals surface area contributed by atoms with Gasteiger partial charge in [-0.2, -0.15) is 12.9 Å². The monoisotopic (exact) mass is 1380 g/mol. The number of aliphatic hydroxyl groups is 3. The van der Waals surface area contributed by atoms with Crippen molar-refractivity contribution in [3.63, 3.8) is 0 Å². The standard InChI is InChI=1S/C18H15ClF4N2O4S.C18H14F6N2O4S.C18H15F5N2O4S/c19-12-8-11(2-4-13(12)20)24-17(27)10-1-3-14(21)15(7-10)30(28,29)25-6-5-16(26)18(22,23)9-25;19-11-2-1-9(17(28)25-10-6-12(20)16(22)13(21)7-10)5-14(11)31(29,30)26-4-3-15(27)18(23,24)8-26;19-12-4-2-11(8-14(12)21)24-17(27)10-1-3-13(20)15(7-10)30(28,29)25-6-5-16(26)18(22,23)9-25/h1-4,7-8,16,26H,5-6,9H2,(H,24,27);1-2,5-7,15,27H,3-4,8H2,(H,25,28);1-4,7-8,16,26H,5-6,9H2,(H,24,27). The fraction of sp³-hybridized carbons (Fsp3) is 0.278. The molecule has 9 rings (SSSR count). The average Bonchev–Trinajstić information content (AvgIpc) is 0.820. The van der Waals surface area contributed by atoms with Gasteiger partial charge >= 0.3 is 0 Å². The maximum absolute atomic E-state index is 14.2. The molecule has 3 aliphatic rings. The molecule has 18 nitrogen and oxygen atoms in total. The summed E-state index contributed by atoms with van der Waals surface area (Å²) in [5, 5.41) is 34.2. The highest BCUT2D eigenvalue weighted by Gasteiger charge is 2.50. The number of nitrogens with one attached hydrogen (secondary N) is 3. The molecule has 3 unspecified atom stereocenters. The van der Waals surface area contributed by atoms with Crippen molar-refractivity contribution < 1.29 is 121 Å². The summed E-state index contributed by atoms with van der Waals surface area (Å²) >= 11 is 5.63. The summed E-state index contributed by atoms with van der Waals surface area (Å²) in [6.07, 6.45) is -7.76. The first-order chi connectivity index (χ1) is 42.2. The fourth-order valence-electron chi connectivity index (χ4n) is 8.64. The maximum Gasteiger partial charge on any atom is 0.286 e. The highest BCUT2D eigenvalue weighted by molar-refractivity contribution is 7.89. The van der Waals surface area contributed by atoms with E-state index in [0.29, 0.717) is 57.1 Å². The summed E-state index contributed by atoms with van der Waals surface area (Å²) in [6.45, 7) is -5.47. The SMILES string of the molecule is O=C(Nc1cc(F)c(F)c(F)c1)c1ccc(F)c(S(=O)(=O)N2CCC(O)C(F)(F)C2)c1.O=C(Nc1ccc(F)c(Cl)c1)c1ccc(F)c(S(=O)(=O)N2CCC(O)C(F)(F)C2)c1.O=C(Nc1ccc(F)c(F)c1)c1ccc(F)c(S(=O)(=O)N2CCC(O)C(F)(F)C2)c1. The molecule has 6 aromatic rings. The topological polar surface area (TPSA) is 260 Å². The Kier molecular flexibility index (Phi) is 21.4. The molecule has 3 heterocycles. The van der Waals surface area contributed by atoms with Gasteiger partial charge in [0.05, 0.1) is 24.7 Å². The van der Waals surface area contributed by atoms with Crippen LogP contribution in [0.3, 0.4) is 0 Å².